The summed E-state index contributed by atoms with van der Waals surface area (Å²) in [5.74, 6) is -0.354. The molecule has 0 saturated carbocycles. The van der Waals surface area contributed by atoms with Gasteiger partial charge in [-0.05, 0) is 0 Å². The van der Waals surface area contributed by atoms with E-state index in [-0.39, 0.29) is 11.4 Å². The molecular formula is C8H12N2O5S. The van der Waals surface area contributed by atoms with Crippen molar-refractivity contribution in [1.82, 2.24) is 0 Å². The first-order valence-corrected chi connectivity index (χ1v) is 5.89. The Morgan fingerprint density at radius 3 is 2.00 bits per heavy atom. The average molecular weight is 248 g/mol. The third-order valence-electron chi connectivity index (χ3n) is 1.34. The predicted molar refractivity (Wildman–Crippen MR) is 58.2 cm³/mol. The Bertz CT molecular complexity index is 417. The van der Waals surface area contributed by atoms with E-state index in [9.17, 15) is 18.5 Å². The number of para-hydroxylation sites is 1. The molecule has 7 nitrogen and oxygen atoms in total. The van der Waals surface area contributed by atoms with E-state index in [1.165, 1.54) is 12.1 Å². The Morgan fingerprint density at radius 2 is 1.81 bits per heavy atom. The second-order valence-electron chi connectivity index (χ2n) is 2.68. The van der Waals surface area contributed by atoms with Gasteiger partial charge in [0.2, 0.25) is 10.0 Å². The van der Waals surface area contributed by atoms with Gasteiger partial charge in [-0.15, -0.1) is 0 Å². The van der Waals surface area contributed by atoms with Gasteiger partial charge in [0.25, 0.3) is 5.69 Å². The summed E-state index contributed by atoms with van der Waals surface area (Å²) in [7, 11) is -3.42. The molecule has 1 aromatic rings. The zero-order valence-corrected chi connectivity index (χ0v) is 9.13. The molecule has 0 aromatic heterocycles. The van der Waals surface area contributed by atoms with Crippen LogP contribution in [0.4, 0.5) is 5.69 Å². The van der Waals surface area contributed by atoms with Gasteiger partial charge < -0.3 is 5.11 Å². The highest BCUT2D eigenvalue weighted by Crippen LogP contribution is 2.06. The summed E-state index contributed by atoms with van der Waals surface area (Å²) in [5.41, 5.74) is 0.137. The first-order chi connectivity index (χ1) is 7.37. The quantitative estimate of drug-likeness (QED) is 0.569. The van der Waals surface area contributed by atoms with Crippen LogP contribution >= 0.6 is 0 Å². The van der Waals surface area contributed by atoms with Gasteiger partial charge in [0.05, 0.1) is 17.3 Å². The normalized spacial score (nSPS) is 10.1. The van der Waals surface area contributed by atoms with E-state index >= 15 is 0 Å². The number of nitrogens with two attached hydrogens (primary N) is 1. The van der Waals surface area contributed by atoms with E-state index in [4.69, 9.17) is 5.11 Å². The number of sulfonamides is 1. The minimum absolute atomic E-state index is 0.137. The van der Waals surface area contributed by atoms with Crippen LogP contribution in [0.1, 0.15) is 0 Å². The number of nitrogens with zero attached hydrogens (tertiary/aromatic N) is 1. The van der Waals surface area contributed by atoms with Crippen LogP contribution in [-0.2, 0) is 10.0 Å². The molecular weight excluding hydrogens is 236 g/mol. The minimum Gasteiger partial charge on any atom is -0.395 e. The number of nitro groups is 1. The molecule has 1 aromatic carbocycles. The lowest BCUT2D eigenvalue weighted by atomic mass is 10.3. The van der Waals surface area contributed by atoms with Crippen molar-refractivity contribution in [2.45, 2.75) is 0 Å². The van der Waals surface area contributed by atoms with Gasteiger partial charge in [0, 0.05) is 12.1 Å². The summed E-state index contributed by atoms with van der Waals surface area (Å²) in [6.07, 6.45) is 0. The van der Waals surface area contributed by atoms with Crippen LogP contribution in [-0.4, -0.2) is 30.8 Å². The van der Waals surface area contributed by atoms with Crippen molar-refractivity contribution in [1.29, 1.82) is 0 Å². The van der Waals surface area contributed by atoms with E-state index < -0.39 is 21.6 Å². The van der Waals surface area contributed by atoms with Gasteiger partial charge in [0.15, 0.2) is 0 Å². The van der Waals surface area contributed by atoms with Gasteiger partial charge in [-0.1, -0.05) is 18.2 Å². The Labute approximate surface area is 92.7 Å². The Hall–Kier alpha value is -1.51. The molecule has 0 fully saturated rings. The number of aliphatic hydroxyl groups excluding tert-OH is 1. The number of hydrogen-bond acceptors (Lipinski definition) is 5. The molecule has 0 heterocycles. The number of non-ortho nitro benzene ring substituents is 1. The Morgan fingerprint density at radius 1 is 1.31 bits per heavy atom. The molecule has 8 heteroatoms. The van der Waals surface area contributed by atoms with Gasteiger partial charge in [-0.2, -0.15) is 0 Å². The number of primary sulfonamides is 1. The van der Waals surface area contributed by atoms with E-state index in [1.807, 2.05) is 0 Å². The van der Waals surface area contributed by atoms with Gasteiger partial charge in [-0.25, -0.2) is 13.6 Å². The molecule has 3 N–H and O–H groups in total. The van der Waals surface area contributed by atoms with Crippen molar-refractivity contribution < 1.29 is 18.4 Å². The zero-order chi connectivity index (χ0) is 12.6. The SMILES string of the molecule is NS(=O)(=O)CCO.O=[N+]([O-])c1ccccc1. The average Bonchev–Trinajstić information content (AvgIpc) is 2.18. The smallest absolute Gasteiger partial charge is 0.269 e. The molecule has 0 unspecified atom stereocenters. The lowest BCUT2D eigenvalue weighted by molar-refractivity contribution is -0.384. The second-order valence-corrected chi connectivity index (χ2v) is 4.42. The van der Waals surface area contributed by atoms with E-state index in [1.54, 1.807) is 18.2 Å². The largest absolute Gasteiger partial charge is 0.395 e. The lowest BCUT2D eigenvalue weighted by Gasteiger charge is -1.87. The molecule has 0 aliphatic rings. The molecule has 0 spiro atoms. The summed E-state index contributed by atoms with van der Waals surface area (Å²) in [5, 5.41) is 22.4. The summed E-state index contributed by atoms with van der Waals surface area (Å²) < 4.78 is 19.7. The molecule has 0 radical (unpaired) electrons. The monoisotopic (exact) mass is 248 g/mol. The maximum absolute atomic E-state index is 10.0. The van der Waals surface area contributed by atoms with E-state index in [0.29, 0.717) is 0 Å². The van der Waals surface area contributed by atoms with Crippen molar-refractivity contribution in [3.05, 3.63) is 40.4 Å². The van der Waals surface area contributed by atoms with Crippen molar-refractivity contribution >= 4 is 15.7 Å². The minimum atomic E-state index is -3.42. The molecule has 0 bridgehead atoms. The fraction of sp³-hybridized carbons (Fsp3) is 0.250. The highest BCUT2D eigenvalue weighted by molar-refractivity contribution is 7.89. The van der Waals surface area contributed by atoms with E-state index in [0.717, 1.165) is 0 Å². The summed E-state index contributed by atoms with van der Waals surface area (Å²) in [6.45, 7) is -0.404. The summed E-state index contributed by atoms with van der Waals surface area (Å²) >= 11 is 0. The molecule has 0 atom stereocenters. The standard InChI is InChI=1S/C6H5NO2.C2H7NO3S/c8-7(9)6-4-2-1-3-5-6;3-7(5,6)2-1-4/h1-5H;4H,1-2H2,(H2,3,5,6). The number of rotatable bonds is 3. The van der Waals surface area contributed by atoms with Crippen LogP contribution in [0, 0.1) is 10.1 Å². The van der Waals surface area contributed by atoms with Crippen LogP contribution < -0.4 is 5.14 Å². The van der Waals surface area contributed by atoms with Crippen molar-refractivity contribution in [2.24, 2.45) is 5.14 Å². The van der Waals surface area contributed by atoms with Crippen LogP contribution in [0.15, 0.2) is 30.3 Å². The molecule has 0 saturated heterocycles. The van der Waals surface area contributed by atoms with Crippen LogP contribution in [0.5, 0.6) is 0 Å². The highest BCUT2D eigenvalue weighted by Gasteiger charge is 1.98. The maximum atomic E-state index is 10.0. The van der Waals surface area contributed by atoms with Crippen LogP contribution in [0.2, 0.25) is 0 Å². The first kappa shape index (κ1) is 14.5. The number of benzene rings is 1. The third kappa shape index (κ3) is 7.85. The first-order valence-electron chi connectivity index (χ1n) is 4.17. The molecule has 90 valence electrons. The fourth-order valence-corrected chi connectivity index (χ4v) is 0.931. The maximum Gasteiger partial charge on any atom is 0.269 e. The molecule has 1 rings (SSSR count). The van der Waals surface area contributed by atoms with Gasteiger partial charge >= 0.3 is 0 Å². The molecule has 0 amide bonds. The van der Waals surface area contributed by atoms with Crippen LogP contribution in [0.25, 0.3) is 0 Å². The van der Waals surface area contributed by atoms with E-state index in [2.05, 4.69) is 5.14 Å². The van der Waals surface area contributed by atoms with Crippen molar-refractivity contribution in [3.8, 4) is 0 Å². The topological polar surface area (TPSA) is 124 Å². The fourth-order valence-electron chi connectivity index (χ4n) is 0.677. The summed E-state index contributed by atoms with van der Waals surface area (Å²) in [4.78, 5) is 9.59. The van der Waals surface area contributed by atoms with Crippen molar-refractivity contribution in [3.63, 3.8) is 0 Å². The predicted octanol–water partition coefficient (Wildman–Crippen LogP) is -0.138. The lowest BCUT2D eigenvalue weighted by Crippen LogP contribution is -2.18. The zero-order valence-electron chi connectivity index (χ0n) is 8.31. The molecule has 0 aliphatic heterocycles. The number of nitro benzene ring substituents is 1. The molecule has 0 aliphatic carbocycles. The summed E-state index contributed by atoms with van der Waals surface area (Å²) in [6, 6.07) is 7.93. The van der Waals surface area contributed by atoms with Gasteiger partial charge in [0.1, 0.15) is 0 Å². The second kappa shape index (κ2) is 6.88. The van der Waals surface area contributed by atoms with Crippen molar-refractivity contribution in [2.75, 3.05) is 12.4 Å². The molecule has 16 heavy (non-hydrogen) atoms. The van der Waals surface area contributed by atoms with Crippen LogP contribution in [0.3, 0.4) is 0 Å². The Balaban J connectivity index is 0.000000293. The highest BCUT2D eigenvalue weighted by atomic mass is 32.2. The third-order valence-corrected chi connectivity index (χ3v) is 2.09. The number of hydrogen-bond donors (Lipinski definition) is 2. The van der Waals surface area contributed by atoms with Gasteiger partial charge in [-0.3, -0.25) is 10.1 Å². The Kier molecular flexibility index (Phi) is 6.23. The number of aliphatic hydroxyl groups is 1.